The first-order valence-electron chi connectivity index (χ1n) is 0.875. The van der Waals surface area contributed by atoms with Gasteiger partial charge in [0, 0.05) is 0 Å². The van der Waals surface area contributed by atoms with E-state index in [-0.39, 0.29) is 43.2 Å². The van der Waals surface area contributed by atoms with E-state index in [0.717, 1.165) is 0 Å². The van der Waals surface area contributed by atoms with Gasteiger partial charge in [0.15, 0.2) is 0 Å². The molecule has 0 bridgehead atoms. The molecule has 0 unspecified atom stereocenters. The maximum absolute atomic E-state index is 8.91. The van der Waals surface area contributed by atoms with Gasteiger partial charge in [-0.2, -0.15) is 0 Å². The summed E-state index contributed by atoms with van der Waals surface area (Å²) in [5.41, 5.74) is 0. The summed E-state index contributed by atoms with van der Waals surface area (Å²) in [6.07, 6.45) is 0. The molecule has 0 heterocycles. The zero-order valence-corrected chi connectivity index (χ0v) is 6.61. The van der Waals surface area contributed by atoms with Gasteiger partial charge in [0.05, 0.1) is 0 Å². The predicted molar refractivity (Wildman–Crippen MR) is 20.1 cm³/mol. The summed E-state index contributed by atoms with van der Waals surface area (Å²) in [5, 5.41) is 0. The van der Waals surface area contributed by atoms with Crippen LogP contribution in [0.25, 0.3) is 0 Å². The molecule has 0 spiro atoms. The normalized spacial score (nSPS) is 8.57. The van der Waals surface area contributed by atoms with Crippen molar-refractivity contribution < 1.29 is 24.7 Å². The Morgan fingerprint density at radius 2 is 1.14 bits per heavy atom. The first-order chi connectivity index (χ1) is 2.00. The van der Waals surface area contributed by atoms with Crippen molar-refractivity contribution in [3.05, 3.63) is 0 Å². The molecule has 0 saturated heterocycles. The molecule has 0 fully saturated rings. The number of hydrogen-bond acceptors (Lipinski definition) is 5. The van der Waals surface area contributed by atoms with Gasteiger partial charge in [-0.1, -0.05) is 0 Å². The second-order valence-electron chi connectivity index (χ2n) is 0.574. The Morgan fingerprint density at radius 3 is 1.14 bits per heavy atom. The molecule has 4 N–H and O–H groups in total. The molecule has 7 heteroatoms. The van der Waals surface area contributed by atoms with E-state index in [9.17, 15) is 0 Å². The van der Waals surface area contributed by atoms with Crippen LogP contribution in [-0.4, -0.2) is 66.6 Å². The van der Waals surface area contributed by atoms with E-state index in [1.165, 1.54) is 0 Å². The third-order valence-electron chi connectivity index (χ3n) is 0. The number of hydrogen-bond donors (Lipinski definition) is 3. The van der Waals surface area contributed by atoms with Crippen LogP contribution in [0.1, 0.15) is 0 Å². The molecule has 5 nitrogen and oxygen atoms in total. The van der Waals surface area contributed by atoms with Crippen molar-refractivity contribution in [2.75, 3.05) is 0 Å². The molecular weight excluding hydrogens is 148 g/mol. The molecule has 40 valence electrons. The Kier molecular flexibility index (Phi) is 12.2. The second kappa shape index (κ2) is 5.41. The zero-order valence-electron chi connectivity index (χ0n) is 3.40. The monoisotopic (exact) mass is 152 g/mol. The Hall–Kier alpha value is 1.28. The van der Waals surface area contributed by atoms with Crippen LogP contribution in [0.15, 0.2) is 0 Å². The van der Waals surface area contributed by atoms with Crippen LogP contribution < -0.4 is 4.80 Å². The summed E-state index contributed by atoms with van der Waals surface area (Å²) < 4.78 is 0. The van der Waals surface area contributed by atoms with Crippen LogP contribution in [0.3, 0.4) is 0 Å². The molecule has 0 amide bonds. The maximum Gasteiger partial charge on any atom is 2.00 e. The Labute approximate surface area is 71.0 Å². The summed E-state index contributed by atoms with van der Waals surface area (Å²) >= 11 is 0. The van der Waals surface area contributed by atoms with E-state index < -0.39 is 9.05 Å². The summed E-state index contributed by atoms with van der Waals surface area (Å²) in [6.45, 7) is 0. The Balaban J connectivity index is -0.0000000800. The fraction of sp³-hybridized carbons (Fsp3) is 0. The van der Waals surface area contributed by atoms with Crippen molar-refractivity contribution in [1.82, 2.24) is 0 Å². The molecule has 0 aliphatic carbocycles. The second-order valence-corrected chi connectivity index (χ2v) is 1.72. The van der Waals surface area contributed by atoms with Crippen molar-refractivity contribution in [2.24, 2.45) is 0 Å². The minimum absolute atomic E-state index is 0. The largest absolute Gasteiger partial charge is 2.00 e. The van der Waals surface area contributed by atoms with E-state index in [4.69, 9.17) is 19.2 Å². The van der Waals surface area contributed by atoms with Crippen molar-refractivity contribution >= 4 is 46.8 Å². The molecule has 0 atom stereocenters. The van der Waals surface area contributed by atoms with Gasteiger partial charge < -0.3 is 24.7 Å². The van der Waals surface area contributed by atoms with E-state index >= 15 is 0 Å². The fourth-order valence-electron chi connectivity index (χ4n) is 0. The Morgan fingerprint density at radius 1 is 1.14 bits per heavy atom. The van der Waals surface area contributed by atoms with Crippen molar-refractivity contribution in [1.29, 1.82) is 0 Å². The molecule has 0 aliphatic rings. The third kappa shape index (κ3) is 124. The van der Waals surface area contributed by atoms with Gasteiger partial charge in [0.2, 0.25) is 0 Å². The van der Waals surface area contributed by atoms with Gasteiger partial charge in [-0.15, -0.1) is 0 Å². The van der Waals surface area contributed by atoms with Crippen LogP contribution in [0.2, 0.25) is 0 Å². The molecule has 7 heavy (non-hydrogen) atoms. The molecule has 0 aromatic heterocycles. The van der Waals surface area contributed by atoms with Gasteiger partial charge in [-0.25, -0.2) is 0 Å². The van der Waals surface area contributed by atoms with E-state index in [2.05, 4.69) is 0 Å². The standard InChI is InChI=1S/Ca.H3O4Si.H2O/c;1-5(2,3)4;/h;1-3H;1H2/q+2;-1;/p-1. The van der Waals surface area contributed by atoms with Crippen LogP contribution in [0, 0.1) is 0 Å². The SMILES string of the molecule is [Ca+2].[O-][Si](O)(O)O.[OH-]. The minimum atomic E-state index is -4.86. The summed E-state index contributed by atoms with van der Waals surface area (Å²) in [7, 11) is -4.86. The molecular formula is H4CaO5Si. The molecule has 0 aliphatic heterocycles. The first kappa shape index (κ1) is 15.7. The van der Waals surface area contributed by atoms with E-state index in [1.807, 2.05) is 0 Å². The smallest absolute Gasteiger partial charge is 0.870 e. The zero-order chi connectivity index (χ0) is 4.50. The van der Waals surface area contributed by atoms with Crippen LogP contribution >= 0.6 is 0 Å². The van der Waals surface area contributed by atoms with Gasteiger partial charge in [0.25, 0.3) is 0 Å². The third-order valence-corrected chi connectivity index (χ3v) is 0. The maximum atomic E-state index is 8.91. The van der Waals surface area contributed by atoms with Crippen LogP contribution in [0.5, 0.6) is 0 Å². The summed E-state index contributed by atoms with van der Waals surface area (Å²) in [4.78, 5) is 30.6. The van der Waals surface area contributed by atoms with E-state index in [1.54, 1.807) is 0 Å². The van der Waals surface area contributed by atoms with Gasteiger partial charge in [-0.05, 0) is 0 Å². The van der Waals surface area contributed by atoms with Crippen molar-refractivity contribution in [2.45, 2.75) is 0 Å². The van der Waals surface area contributed by atoms with Gasteiger partial charge in [-0.3, -0.25) is 0 Å². The van der Waals surface area contributed by atoms with Gasteiger partial charge >= 0.3 is 46.8 Å². The topological polar surface area (TPSA) is 114 Å². The van der Waals surface area contributed by atoms with Crippen molar-refractivity contribution in [3.8, 4) is 0 Å². The molecule has 0 saturated carbocycles. The van der Waals surface area contributed by atoms with E-state index in [0.29, 0.717) is 0 Å². The summed E-state index contributed by atoms with van der Waals surface area (Å²) in [5.74, 6) is 0. The Bertz CT molecular complexity index is 23.6. The minimum Gasteiger partial charge on any atom is -0.870 e. The first-order valence-corrected chi connectivity index (χ1v) is 2.62. The van der Waals surface area contributed by atoms with Crippen LogP contribution in [-0.2, 0) is 0 Å². The average Bonchev–Trinajstić information content (AvgIpc) is 0.722. The predicted octanol–water partition coefficient (Wildman–Crippen LogP) is -3.80. The average molecular weight is 152 g/mol. The number of rotatable bonds is 0. The fourth-order valence-corrected chi connectivity index (χ4v) is 0. The van der Waals surface area contributed by atoms with Crippen molar-refractivity contribution in [3.63, 3.8) is 0 Å². The van der Waals surface area contributed by atoms with Crippen LogP contribution in [0.4, 0.5) is 0 Å². The molecule has 0 aromatic carbocycles. The molecule has 0 rings (SSSR count). The van der Waals surface area contributed by atoms with Gasteiger partial charge in [0.1, 0.15) is 0 Å². The molecule has 0 radical (unpaired) electrons. The summed E-state index contributed by atoms with van der Waals surface area (Å²) in [6, 6.07) is 0. The quantitative estimate of drug-likeness (QED) is 0.308. The molecule has 0 aromatic rings.